The Kier molecular flexibility index (Phi) is 4.45. The molecule has 0 bridgehead atoms. The van der Waals surface area contributed by atoms with E-state index in [4.69, 9.17) is 16.0 Å². The van der Waals surface area contributed by atoms with Crippen LogP contribution >= 0.6 is 22.9 Å². The van der Waals surface area contributed by atoms with Crippen LogP contribution < -0.4 is 5.32 Å². The van der Waals surface area contributed by atoms with Crippen molar-refractivity contribution < 1.29 is 9.21 Å². The number of halogens is 1. The van der Waals surface area contributed by atoms with E-state index in [1.165, 1.54) is 11.3 Å². The number of aromatic nitrogens is 2. The Morgan fingerprint density at radius 3 is 2.87 bits per heavy atom. The fraction of sp³-hybridized carbons (Fsp3) is 0.188. The van der Waals surface area contributed by atoms with Crippen molar-refractivity contribution in [3.8, 4) is 10.8 Å². The van der Waals surface area contributed by atoms with Gasteiger partial charge in [0.25, 0.3) is 11.8 Å². The monoisotopic (exact) mass is 347 g/mol. The highest BCUT2D eigenvalue weighted by Gasteiger charge is 2.15. The van der Waals surface area contributed by atoms with E-state index in [0.29, 0.717) is 28.8 Å². The lowest BCUT2D eigenvalue weighted by Crippen LogP contribution is -2.11. The predicted molar refractivity (Wildman–Crippen MR) is 91.1 cm³/mol. The van der Waals surface area contributed by atoms with E-state index in [2.05, 4.69) is 15.5 Å². The van der Waals surface area contributed by atoms with Crippen molar-refractivity contribution >= 4 is 34.5 Å². The molecule has 3 aromatic rings. The van der Waals surface area contributed by atoms with Crippen molar-refractivity contribution in [2.45, 2.75) is 20.3 Å². The number of rotatable bonds is 4. The van der Waals surface area contributed by atoms with Crippen molar-refractivity contribution in [1.29, 1.82) is 0 Å². The summed E-state index contributed by atoms with van der Waals surface area (Å²) in [6.45, 7) is 3.88. The number of nitrogens with zero attached hydrogens (tertiary/aromatic N) is 2. The zero-order chi connectivity index (χ0) is 16.4. The Morgan fingerprint density at radius 1 is 1.35 bits per heavy atom. The van der Waals surface area contributed by atoms with E-state index < -0.39 is 0 Å². The first kappa shape index (κ1) is 15.7. The van der Waals surface area contributed by atoms with E-state index in [1.54, 1.807) is 24.3 Å². The van der Waals surface area contributed by atoms with Gasteiger partial charge in [0.05, 0.1) is 10.6 Å². The van der Waals surface area contributed by atoms with Crippen LogP contribution in [-0.4, -0.2) is 16.1 Å². The van der Waals surface area contributed by atoms with Gasteiger partial charge in [0, 0.05) is 21.9 Å². The molecule has 7 heteroatoms. The highest BCUT2D eigenvalue weighted by molar-refractivity contribution is 7.15. The first-order valence-electron chi connectivity index (χ1n) is 7.07. The zero-order valence-electron chi connectivity index (χ0n) is 12.6. The first-order valence-corrected chi connectivity index (χ1v) is 8.26. The Hall–Kier alpha value is -2.18. The molecule has 0 fully saturated rings. The fourth-order valence-electron chi connectivity index (χ4n) is 2.03. The summed E-state index contributed by atoms with van der Waals surface area (Å²) in [6, 6.07) is 8.66. The molecule has 1 aromatic carbocycles. The van der Waals surface area contributed by atoms with Gasteiger partial charge in [0.1, 0.15) is 0 Å². The average Bonchev–Trinajstić information content (AvgIpc) is 3.14. The Balaban J connectivity index is 1.82. The maximum absolute atomic E-state index is 12.3. The summed E-state index contributed by atoms with van der Waals surface area (Å²) in [5.41, 5.74) is 1.24. The molecule has 2 aromatic heterocycles. The number of anilines is 1. The Bertz CT molecular complexity index is 857. The molecule has 1 amide bonds. The molecule has 23 heavy (non-hydrogen) atoms. The second-order valence-corrected chi connectivity index (χ2v) is 6.59. The van der Waals surface area contributed by atoms with Crippen LogP contribution in [0.4, 0.5) is 5.69 Å². The number of hydrogen-bond acceptors (Lipinski definition) is 5. The lowest BCUT2D eigenvalue weighted by Gasteiger charge is -2.04. The van der Waals surface area contributed by atoms with Gasteiger partial charge in [-0.15, -0.1) is 21.5 Å². The largest absolute Gasteiger partial charge is 0.420 e. The third-order valence-corrected chi connectivity index (χ3v) is 4.51. The maximum Gasteiger partial charge on any atom is 0.257 e. The molecule has 0 aliphatic heterocycles. The highest BCUT2D eigenvalue weighted by atomic mass is 35.5. The second-order valence-electron chi connectivity index (χ2n) is 4.90. The minimum absolute atomic E-state index is 0.209. The average molecular weight is 348 g/mol. The summed E-state index contributed by atoms with van der Waals surface area (Å²) in [5.74, 6) is 0.855. The van der Waals surface area contributed by atoms with Crippen molar-refractivity contribution in [3.05, 3.63) is 51.7 Å². The predicted octanol–water partition coefficient (Wildman–Crippen LogP) is 4.57. The quantitative estimate of drug-likeness (QED) is 0.750. The van der Waals surface area contributed by atoms with Crippen LogP contribution in [-0.2, 0) is 6.42 Å². The van der Waals surface area contributed by atoms with Crippen molar-refractivity contribution in [3.63, 3.8) is 0 Å². The molecule has 0 aliphatic carbocycles. The van der Waals surface area contributed by atoms with Gasteiger partial charge >= 0.3 is 0 Å². The Morgan fingerprint density at radius 2 is 2.17 bits per heavy atom. The van der Waals surface area contributed by atoms with Crippen LogP contribution in [0.25, 0.3) is 10.8 Å². The molecule has 0 saturated carbocycles. The van der Waals surface area contributed by atoms with Gasteiger partial charge in [-0.2, -0.15) is 0 Å². The molecule has 3 rings (SSSR count). The van der Waals surface area contributed by atoms with E-state index >= 15 is 0 Å². The minimum atomic E-state index is -0.209. The molecule has 118 valence electrons. The number of benzene rings is 1. The van der Waals surface area contributed by atoms with Crippen LogP contribution in [0.15, 0.2) is 34.7 Å². The van der Waals surface area contributed by atoms with Crippen LogP contribution in [0.5, 0.6) is 0 Å². The van der Waals surface area contributed by atoms with Crippen LogP contribution in [0.2, 0.25) is 5.02 Å². The first-order chi connectivity index (χ1) is 11.1. The third-order valence-electron chi connectivity index (χ3n) is 3.23. The van der Waals surface area contributed by atoms with Crippen molar-refractivity contribution in [1.82, 2.24) is 10.2 Å². The molecule has 0 unspecified atom stereocenters. The third kappa shape index (κ3) is 3.43. The Labute approximate surface area is 142 Å². The van der Waals surface area contributed by atoms with Gasteiger partial charge in [-0.05, 0) is 31.2 Å². The molecule has 0 radical (unpaired) electrons. The van der Waals surface area contributed by atoms with E-state index in [1.807, 2.05) is 19.9 Å². The summed E-state index contributed by atoms with van der Waals surface area (Å²) in [7, 11) is 0. The highest BCUT2D eigenvalue weighted by Crippen LogP contribution is 2.33. The van der Waals surface area contributed by atoms with Gasteiger partial charge in [0.2, 0.25) is 5.89 Å². The number of hydrogen-bond donors (Lipinski definition) is 1. The maximum atomic E-state index is 12.3. The summed E-state index contributed by atoms with van der Waals surface area (Å²) in [6.07, 6.45) is 0.690. The molecular formula is C16H14ClN3O2S. The molecule has 0 spiro atoms. The molecule has 0 saturated heterocycles. The van der Waals surface area contributed by atoms with E-state index in [0.717, 1.165) is 15.4 Å². The van der Waals surface area contributed by atoms with Crippen LogP contribution in [0.1, 0.15) is 28.0 Å². The van der Waals surface area contributed by atoms with Crippen LogP contribution in [0.3, 0.4) is 0 Å². The normalized spacial score (nSPS) is 10.7. The minimum Gasteiger partial charge on any atom is -0.420 e. The smallest absolute Gasteiger partial charge is 0.257 e. The van der Waals surface area contributed by atoms with Crippen molar-refractivity contribution in [2.75, 3.05) is 5.32 Å². The molecule has 5 nitrogen and oxygen atoms in total. The van der Waals surface area contributed by atoms with Gasteiger partial charge < -0.3 is 9.73 Å². The van der Waals surface area contributed by atoms with Gasteiger partial charge in [0.15, 0.2) is 0 Å². The summed E-state index contributed by atoms with van der Waals surface area (Å²) in [5, 5.41) is 11.4. The second kappa shape index (κ2) is 6.52. The van der Waals surface area contributed by atoms with Gasteiger partial charge in [-0.25, -0.2) is 0 Å². The number of amides is 1. The summed E-state index contributed by atoms with van der Waals surface area (Å²) >= 11 is 7.41. The molecule has 1 N–H and O–H groups in total. The lowest BCUT2D eigenvalue weighted by atomic mass is 10.2. The number of carbonyl (C=O) groups excluding carboxylic acids is 1. The number of thiophene rings is 1. The lowest BCUT2D eigenvalue weighted by molar-refractivity contribution is 0.102. The van der Waals surface area contributed by atoms with Crippen molar-refractivity contribution in [2.24, 2.45) is 0 Å². The van der Waals surface area contributed by atoms with Gasteiger partial charge in [-0.1, -0.05) is 24.6 Å². The van der Waals surface area contributed by atoms with Gasteiger partial charge in [-0.3, -0.25) is 4.79 Å². The SMILES string of the molecule is CCc1nnc(-c2cc(NC(=O)c3cccc(Cl)c3)c(C)s2)o1. The summed E-state index contributed by atoms with van der Waals surface area (Å²) in [4.78, 5) is 14.1. The number of aryl methyl sites for hydroxylation is 2. The number of carbonyl (C=O) groups is 1. The summed E-state index contributed by atoms with van der Waals surface area (Å²) < 4.78 is 5.55. The topological polar surface area (TPSA) is 68.0 Å². The number of nitrogens with one attached hydrogen (secondary N) is 1. The zero-order valence-corrected chi connectivity index (χ0v) is 14.2. The molecule has 0 atom stereocenters. The molecule has 2 heterocycles. The van der Waals surface area contributed by atoms with E-state index in [9.17, 15) is 4.79 Å². The van der Waals surface area contributed by atoms with E-state index in [-0.39, 0.29) is 5.91 Å². The standard InChI is InChI=1S/C16H14ClN3O2S/c1-3-14-19-20-16(22-14)13-8-12(9(2)23-13)18-15(21)10-5-4-6-11(17)7-10/h4-8H,3H2,1-2H3,(H,18,21). The molecular weight excluding hydrogens is 334 g/mol. The molecule has 0 aliphatic rings. The van der Waals surface area contributed by atoms with Crippen LogP contribution in [0, 0.1) is 6.92 Å². The fourth-order valence-corrected chi connectivity index (χ4v) is 3.12.